The molecule has 0 amide bonds. The second-order valence-electron chi connectivity index (χ2n) is 12.2. The van der Waals surface area contributed by atoms with Crippen molar-refractivity contribution in [2.75, 3.05) is 0 Å². The number of nitriles is 1. The van der Waals surface area contributed by atoms with Crippen molar-refractivity contribution < 1.29 is 0 Å². The summed E-state index contributed by atoms with van der Waals surface area (Å²) in [5.74, 6) is 2.03. The Hall–Kier alpha value is -7.30. The monoisotopic (exact) mass is 653 g/mol. The molecule has 0 aliphatic heterocycles. The van der Waals surface area contributed by atoms with Gasteiger partial charge in [-0.2, -0.15) is 5.26 Å². The zero-order valence-electron chi connectivity index (χ0n) is 27.2. The lowest BCUT2D eigenvalue weighted by atomic mass is 10.0. The van der Waals surface area contributed by atoms with Crippen molar-refractivity contribution in [3.05, 3.63) is 170 Å². The fourth-order valence-corrected chi connectivity index (χ4v) is 6.52. The van der Waals surface area contributed by atoms with Crippen molar-refractivity contribution in [1.82, 2.24) is 29.5 Å². The van der Waals surface area contributed by atoms with Gasteiger partial charge in [0.2, 0.25) is 0 Å². The van der Waals surface area contributed by atoms with E-state index in [-0.39, 0.29) is 0 Å². The number of para-hydroxylation sites is 2. The maximum absolute atomic E-state index is 9.60. The summed E-state index contributed by atoms with van der Waals surface area (Å²) in [5.41, 5.74) is 9.22. The molecule has 9 rings (SSSR count). The zero-order valence-corrected chi connectivity index (χ0v) is 27.2. The zero-order chi connectivity index (χ0) is 34.1. The Bertz CT molecular complexity index is 2750. The number of hydrogen-bond acceptors (Lipinski definition) is 6. The Morgan fingerprint density at radius 1 is 0.412 bits per heavy atom. The molecule has 0 bridgehead atoms. The molecule has 3 aromatic heterocycles. The number of nitrogens with zero attached hydrogens (tertiary/aromatic N) is 7. The third kappa shape index (κ3) is 5.57. The highest BCUT2D eigenvalue weighted by Gasteiger charge is 2.16. The summed E-state index contributed by atoms with van der Waals surface area (Å²) in [4.78, 5) is 23.9. The van der Waals surface area contributed by atoms with Gasteiger partial charge in [-0.1, -0.05) is 103 Å². The highest BCUT2D eigenvalue weighted by atomic mass is 15.0. The molecule has 0 radical (unpaired) electrons. The highest BCUT2D eigenvalue weighted by molar-refractivity contribution is 6.10. The number of rotatable bonds is 6. The molecule has 9 aromatic rings. The van der Waals surface area contributed by atoms with E-state index < -0.39 is 0 Å². The predicted molar refractivity (Wildman–Crippen MR) is 202 cm³/mol. The van der Waals surface area contributed by atoms with Gasteiger partial charge in [0.1, 0.15) is 0 Å². The molecule has 0 saturated heterocycles. The smallest absolute Gasteiger partial charge is 0.167 e. The van der Waals surface area contributed by atoms with Gasteiger partial charge in [-0.3, -0.25) is 0 Å². The SMILES string of the molecule is N#Cc1cccc(-c2nc(-c3cnc(-c4ccccc4)nc3)nc(-c3cccc(-c4ccc5c(c4)c4ccccc4n5-c4ccccc4)c3)n2)c1. The van der Waals surface area contributed by atoms with Gasteiger partial charge >= 0.3 is 0 Å². The molecule has 0 N–H and O–H groups in total. The first-order valence-corrected chi connectivity index (χ1v) is 16.6. The van der Waals surface area contributed by atoms with Crippen LogP contribution in [0.2, 0.25) is 0 Å². The molecule has 238 valence electrons. The first-order chi connectivity index (χ1) is 25.2. The van der Waals surface area contributed by atoms with Crippen molar-refractivity contribution in [3.8, 4) is 68.4 Å². The van der Waals surface area contributed by atoms with Crippen LogP contribution in [0.3, 0.4) is 0 Å². The van der Waals surface area contributed by atoms with E-state index in [1.54, 1.807) is 24.5 Å². The van der Waals surface area contributed by atoms with Crippen LogP contribution < -0.4 is 0 Å². The molecule has 0 spiro atoms. The Balaban J connectivity index is 1.16. The Morgan fingerprint density at radius 2 is 0.980 bits per heavy atom. The van der Waals surface area contributed by atoms with E-state index in [9.17, 15) is 5.26 Å². The quantitative estimate of drug-likeness (QED) is 0.177. The van der Waals surface area contributed by atoms with Gasteiger partial charge in [-0.15, -0.1) is 0 Å². The second kappa shape index (κ2) is 12.6. The maximum atomic E-state index is 9.60. The van der Waals surface area contributed by atoms with E-state index in [4.69, 9.17) is 15.0 Å². The van der Waals surface area contributed by atoms with E-state index in [2.05, 4.69) is 99.5 Å². The average Bonchev–Trinajstić information content (AvgIpc) is 3.55. The largest absolute Gasteiger partial charge is 0.309 e. The van der Waals surface area contributed by atoms with Crippen LogP contribution in [0.5, 0.6) is 0 Å². The number of aromatic nitrogens is 6. The normalized spacial score (nSPS) is 11.1. The lowest BCUT2D eigenvalue weighted by Gasteiger charge is -2.10. The van der Waals surface area contributed by atoms with Crippen molar-refractivity contribution in [2.24, 2.45) is 0 Å². The minimum absolute atomic E-state index is 0.442. The van der Waals surface area contributed by atoms with Gasteiger partial charge in [0.15, 0.2) is 23.3 Å². The average molecular weight is 654 g/mol. The summed E-state index contributed by atoms with van der Waals surface area (Å²) >= 11 is 0. The molecule has 0 fully saturated rings. The molecule has 0 atom stereocenters. The van der Waals surface area contributed by atoms with Gasteiger partial charge in [-0.25, -0.2) is 24.9 Å². The third-order valence-electron chi connectivity index (χ3n) is 8.97. The summed E-state index contributed by atoms with van der Waals surface area (Å²) in [6.07, 6.45) is 3.48. The highest BCUT2D eigenvalue weighted by Crippen LogP contribution is 2.36. The van der Waals surface area contributed by atoms with E-state index >= 15 is 0 Å². The lowest BCUT2D eigenvalue weighted by Crippen LogP contribution is -2.01. The summed E-state index contributed by atoms with van der Waals surface area (Å²) in [7, 11) is 0. The molecule has 7 heteroatoms. The van der Waals surface area contributed by atoms with E-state index in [1.165, 1.54) is 10.8 Å². The van der Waals surface area contributed by atoms with E-state index in [1.807, 2.05) is 60.7 Å². The fraction of sp³-hybridized carbons (Fsp3) is 0. The molecular weight excluding hydrogens is 627 g/mol. The number of hydrogen-bond donors (Lipinski definition) is 0. The first kappa shape index (κ1) is 29.8. The molecule has 0 aliphatic rings. The predicted octanol–water partition coefficient (Wildman–Crippen LogP) is 9.97. The van der Waals surface area contributed by atoms with Crippen molar-refractivity contribution >= 4 is 21.8 Å². The first-order valence-electron chi connectivity index (χ1n) is 16.6. The number of benzene rings is 6. The molecule has 6 aromatic carbocycles. The molecule has 0 aliphatic carbocycles. The molecule has 51 heavy (non-hydrogen) atoms. The van der Waals surface area contributed by atoms with Crippen LogP contribution in [-0.2, 0) is 0 Å². The van der Waals surface area contributed by atoms with E-state index in [0.717, 1.165) is 44.5 Å². The Morgan fingerprint density at radius 3 is 1.73 bits per heavy atom. The molecule has 3 heterocycles. The molecule has 0 saturated carbocycles. The van der Waals surface area contributed by atoms with Crippen LogP contribution in [-0.4, -0.2) is 29.5 Å². The minimum Gasteiger partial charge on any atom is -0.309 e. The Kier molecular flexibility index (Phi) is 7.38. The summed E-state index contributed by atoms with van der Waals surface area (Å²) in [6.45, 7) is 0. The van der Waals surface area contributed by atoms with Crippen LogP contribution in [0.1, 0.15) is 5.56 Å². The summed E-state index contributed by atoms with van der Waals surface area (Å²) in [5, 5.41) is 12.0. The number of fused-ring (bicyclic) bond motifs is 3. The molecule has 7 nitrogen and oxygen atoms in total. The van der Waals surface area contributed by atoms with Crippen LogP contribution in [0.25, 0.3) is 84.2 Å². The maximum Gasteiger partial charge on any atom is 0.167 e. The fourth-order valence-electron chi connectivity index (χ4n) is 6.52. The summed E-state index contributed by atoms with van der Waals surface area (Å²) < 4.78 is 2.32. The minimum atomic E-state index is 0.442. The van der Waals surface area contributed by atoms with Crippen molar-refractivity contribution in [3.63, 3.8) is 0 Å². The lowest BCUT2D eigenvalue weighted by molar-refractivity contribution is 1.06. The van der Waals surface area contributed by atoms with Crippen molar-refractivity contribution in [1.29, 1.82) is 5.26 Å². The van der Waals surface area contributed by atoms with Crippen LogP contribution in [0.15, 0.2) is 164 Å². The molecule has 0 unspecified atom stereocenters. The standard InChI is InChI=1S/C44H27N7/c45-26-29-11-9-15-33(23-29)42-48-43(50-44(49-42)35-27-46-41(47-28-35)30-12-3-1-4-13-30)34-16-10-14-31(24-34)32-21-22-40-38(25-32)37-19-7-8-20-39(37)51(40)36-17-5-2-6-18-36/h1-25,27-28H. The van der Waals surface area contributed by atoms with Gasteiger partial charge in [0.25, 0.3) is 0 Å². The van der Waals surface area contributed by atoms with Gasteiger partial charge in [0, 0.05) is 45.5 Å². The second-order valence-corrected chi connectivity index (χ2v) is 12.2. The van der Waals surface area contributed by atoms with Crippen molar-refractivity contribution in [2.45, 2.75) is 0 Å². The topological polar surface area (TPSA) is 93.2 Å². The Labute approximate surface area is 293 Å². The van der Waals surface area contributed by atoms with Crippen LogP contribution in [0.4, 0.5) is 0 Å². The summed E-state index contributed by atoms with van der Waals surface area (Å²) in [6, 6.07) is 53.2. The van der Waals surface area contributed by atoms with Crippen LogP contribution >= 0.6 is 0 Å². The van der Waals surface area contributed by atoms with Gasteiger partial charge in [-0.05, 0) is 59.7 Å². The van der Waals surface area contributed by atoms with Crippen LogP contribution in [0, 0.1) is 11.3 Å². The molecular formula is C44H27N7. The van der Waals surface area contributed by atoms with Gasteiger partial charge < -0.3 is 4.57 Å². The third-order valence-corrected chi connectivity index (χ3v) is 8.97. The van der Waals surface area contributed by atoms with Gasteiger partial charge in [0.05, 0.1) is 28.2 Å². The van der Waals surface area contributed by atoms with E-state index in [0.29, 0.717) is 34.4 Å².